The lowest BCUT2D eigenvalue weighted by molar-refractivity contribution is 0.515. The quantitative estimate of drug-likeness (QED) is 0.144. The van der Waals surface area contributed by atoms with E-state index in [1.807, 2.05) is 0 Å². The van der Waals surface area contributed by atoms with E-state index in [1.54, 1.807) is 0 Å². The SMILES string of the molecule is CC(C)CNCCCNCCC(N)Cc1cccc(CC(N)CCNCCCNCC(C)C)c1. The first-order valence-corrected chi connectivity index (χ1v) is 13.8. The highest BCUT2D eigenvalue weighted by Crippen LogP contribution is 2.11. The van der Waals surface area contributed by atoms with E-state index < -0.39 is 0 Å². The first-order chi connectivity index (χ1) is 16.4. The van der Waals surface area contributed by atoms with Crippen LogP contribution in [0.15, 0.2) is 24.3 Å². The van der Waals surface area contributed by atoms with Crippen molar-refractivity contribution in [2.75, 3.05) is 52.4 Å². The maximum atomic E-state index is 6.40. The second-order valence-electron chi connectivity index (χ2n) is 10.7. The van der Waals surface area contributed by atoms with E-state index in [4.69, 9.17) is 11.5 Å². The summed E-state index contributed by atoms with van der Waals surface area (Å²) in [7, 11) is 0. The van der Waals surface area contributed by atoms with Crippen molar-refractivity contribution in [3.05, 3.63) is 35.4 Å². The fraction of sp³-hybridized carbons (Fsp3) is 0.786. The molecule has 6 heteroatoms. The Kier molecular flexibility index (Phi) is 18.4. The lowest BCUT2D eigenvalue weighted by atomic mass is 9.98. The van der Waals surface area contributed by atoms with Gasteiger partial charge >= 0.3 is 0 Å². The minimum Gasteiger partial charge on any atom is -0.327 e. The van der Waals surface area contributed by atoms with Crippen molar-refractivity contribution in [1.82, 2.24) is 21.3 Å². The minimum absolute atomic E-state index is 0.190. The smallest absolute Gasteiger partial charge is 0.00914 e. The molecule has 6 nitrogen and oxygen atoms in total. The van der Waals surface area contributed by atoms with E-state index in [0.29, 0.717) is 11.8 Å². The lowest BCUT2D eigenvalue weighted by Crippen LogP contribution is -2.30. The van der Waals surface area contributed by atoms with Crippen LogP contribution >= 0.6 is 0 Å². The topological polar surface area (TPSA) is 100 Å². The summed E-state index contributed by atoms with van der Waals surface area (Å²) in [5.41, 5.74) is 15.4. The van der Waals surface area contributed by atoms with Crippen LogP contribution in [0, 0.1) is 11.8 Å². The molecule has 1 rings (SSSR count). The zero-order valence-corrected chi connectivity index (χ0v) is 22.7. The number of hydrogen-bond donors (Lipinski definition) is 6. The van der Waals surface area contributed by atoms with Gasteiger partial charge in [0.2, 0.25) is 0 Å². The molecule has 8 N–H and O–H groups in total. The van der Waals surface area contributed by atoms with Crippen LogP contribution in [-0.4, -0.2) is 64.4 Å². The minimum atomic E-state index is 0.190. The number of benzene rings is 1. The van der Waals surface area contributed by atoms with Crippen LogP contribution in [0.2, 0.25) is 0 Å². The Morgan fingerprint density at radius 2 is 1.03 bits per heavy atom. The summed E-state index contributed by atoms with van der Waals surface area (Å²) in [6.07, 6.45) is 6.18. The fourth-order valence-electron chi connectivity index (χ4n) is 3.98. The molecule has 0 bridgehead atoms. The van der Waals surface area contributed by atoms with Gasteiger partial charge in [0, 0.05) is 12.1 Å². The molecule has 0 saturated carbocycles. The molecule has 1 aromatic rings. The zero-order valence-electron chi connectivity index (χ0n) is 22.7. The lowest BCUT2D eigenvalue weighted by Gasteiger charge is -2.15. The van der Waals surface area contributed by atoms with Crippen molar-refractivity contribution in [2.24, 2.45) is 23.3 Å². The molecule has 0 fully saturated rings. The van der Waals surface area contributed by atoms with Crippen molar-refractivity contribution in [3.8, 4) is 0 Å². The molecule has 0 saturated heterocycles. The van der Waals surface area contributed by atoms with E-state index in [-0.39, 0.29) is 12.1 Å². The van der Waals surface area contributed by atoms with Crippen LogP contribution in [0.5, 0.6) is 0 Å². The molecule has 2 atom stereocenters. The molecule has 0 aliphatic rings. The Bertz CT molecular complexity index is 545. The molecule has 0 spiro atoms. The molecule has 34 heavy (non-hydrogen) atoms. The summed E-state index contributed by atoms with van der Waals surface area (Å²) < 4.78 is 0. The predicted octanol–water partition coefficient (Wildman–Crippen LogP) is 2.66. The van der Waals surface area contributed by atoms with Gasteiger partial charge in [0.1, 0.15) is 0 Å². The third kappa shape index (κ3) is 18.3. The molecule has 2 unspecified atom stereocenters. The van der Waals surface area contributed by atoms with Gasteiger partial charge in [-0.1, -0.05) is 52.0 Å². The Hall–Kier alpha value is -1.02. The standard InChI is InChI=1S/C28H56N6/c1-23(2)21-33-14-6-12-31-16-10-27(29)19-25-8-5-9-26(18-25)20-28(30)11-17-32-13-7-15-34-22-24(3)4/h5,8-9,18,23-24,27-28,31-34H,6-7,10-17,19-22,29-30H2,1-4H3. The van der Waals surface area contributed by atoms with Crippen LogP contribution in [0.1, 0.15) is 64.5 Å². The van der Waals surface area contributed by atoms with Crippen molar-refractivity contribution in [1.29, 1.82) is 0 Å². The first-order valence-electron chi connectivity index (χ1n) is 13.8. The fourth-order valence-corrected chi connectivity index (χ4v) is 3.98. The highest BCUT2D eigenvalue weighted by atomic mass is 14.9. The van der Waals surface area contributed by atoms with Gasteiger partial charge in [-0.15, -0.1) is 0 Å². The molecular weight excluding hydrogens is 420 g/mol. The van der Waals surface area contributed by atoms with Gasteiger partial charge in [-0.3, -0.25) is 0 Å². The summed E-state index contributed by atoms with van der Waals surface area (Å²) in [4.78, 5) is 0. The molecule has 0 aromatic heterocycles. The average molecular weight is 477 g/mol. The van der Waals surface area contributed by atoms with Gasteiger partial charge in [0.15, 0.2) is 0 Å². The van der Waals surface area contributed by atoms with Crippen molar-refractivity contribution >= 4 is 0 Å². The van der Waals surface area contributed by atoms with Crippen molar-refractivity contribution < 1.29 is 0 Å². The van der Waals surface area contributed by atoms with Crippen LogP contribution in [0.3, 0.4) is 0 Å². The van der Waals surface area contributed by atoms with Gasteiger partial charge in [-0.25, -0.2) is 0 Å². The Balaban J connectivity index is 2.13. The second kappa shape index (κ2) is 20.2. The summed E-state index contributed by atoms with van der Waals surface area (Å²) >= 11 is 0. The molecule has 1 aromatic carbocycles. The van der Waals surface area contributed by atoms with Crippen LogP contribution in [0.25, 0.3) is 0 Å². The zero-order chi connectivity index (χ0) is 25.0. The largest absolute Gasteiger partial charge is 0.327 e. The molecule has 0 radical (unpaired) electrons. The van der Waals surface area contributed by atoms with E-state index >= 15 is 0 Å². The summed E-state index contributed by atoms with van der Waals surface area (Å²) in [5, 5.41) is 14.0. The molecule has 0 aliphatic carbocycles. The second-order valence-corrected chi connectivity index (χ2v) is 10.7. The summed E-state index contributed by atoms with van der Waals surface area (Å²) in [6, 6.07) is 9.20. The van der Waals surface area contributed by atoms with E-state index in [1.165, 1.54) is 11.1 Å². The van der Waals surface area contributed by atoms with Crippen LogP contribution in [0.4, 0.5) is 0 Å². The average Bonchev–Trinajstić information content (AvgIpc) is 2.77. The number of nitrogens with two attached hydrogens (primary N) is 2. The summed E-state index contributed by atoms with van der Waals surface area (Å²) in [5.74, 6) is 1.43. The third-order valence-electron chi connectivity index (χ3n) is 5.89. The van der Waals surface area contributed by atoms with Crippen LogP contribution in [-0.2, 0) is 12.8 Å². The predicted molar refractivity (Wildman–Crippen MR) is 149 cm³/mol. The molecule has 0 amide bonds. The van der Waals surface area contributed by atoms with Gasteiger partial charge in [0.05, 0.1) is 0 Å². The third-order valence-corrected chi connectivity index (χ3v) is 5.89. The van der Waals surface area contributed by atoms with E-state index in [2.05, 4.69) is 73.2 Å². The van der Waals surface area contributed by atoms with Crippen molar-refractivity contribution in [3.63, 3.8) is 0 Å². The highest BCUT2D eigenvalue weighted by Gasteiger charge is 2.08. The van der Waals surface area contributed by atoms with Gasteiger partial charge < -0.3 is 32.7 Å². The van der Waals surface area contributed by atoms with E-state index in [0.717, 1.165) is 90.9 Å². The van der Waals surface area contributed by atoms with Gasteiger partial charge in [-0.05, 0) is 114 Å². The molecule has 198 valence electrons. The molecular formula is C28H56N6. The Labute approximate surface area is 210 Å². The molecule has 0 heterocycles. The summed E-state index contributed by atoms with van der Waals surface area (Å²) in [6.45, 7) is 17.4. The number of nitrogens with one attached hydrogen (secondary N) is 4. The van der Waals surface area contributed by atoms with Crippen LogP contribution < -0.4 is 32.7 Å². The Morgan fingerprint density at radius 3 is 1.44 bits per heavy atom. The monoisotopic (exact) mass is 476 g/mol. The number of rotatable bonds is 22. The van der Waals surface area contributed by atoms with E-state index in [9.17, 15) is 0 Å². The maximum Gasteiger partial charge on any atom is 0.00914 e. The highest BCUT2D eigenvalue weighted by molar-refractivity contribution is 5.25. The van der Waals surface area contributed by atoms with Crippen molar-refractivity contribution in [2.45, 2.75) is 78.3 Å². The first kappa shape index (κ1) is 31.0. The maximum absolute atomic E-state index is 6.40. The van der Waals surface area contributed by atoms with Gasteiger partial charge in [0.25, 0.3) is 0 Å². The normalized spacial score (nSPS) is 13.6. The molecule has 0 aliphatic heterocycles. The number of hydrogen-bond acceptors (Lipinski definition) is 6. The van der Waals surface area contributed by atoms with Gasteiger partial charge in [-0.2, -0.15) is 0 Å². The Morgan fingerprint density at radius 1 is 0.618 bits per heavy atom.